The Morgan fingerprint density at radius 1 is 1.23 bits per heavy atom. The Kier molecular flexibility index (Phi) is 7.50. The zero-order valence-corrected chi connectivity index (χ0v) is 17.1. The van der Waals surface area contributed by atoms with E-state index in [1.807, 2.05) is 13.8 Å². The van der Waals surface area contributed by atoms with Crippen molar-refractivity contribution in [2.75, 3.05) is 25.1 Å². The van der Waals surface area contributed by atoms with Gasteiger partial charge in [-0.15, -0.1) is 0 Å². The lowest BCUT2D eigenvalue weighted by molar-refractivity contribution is 0.452. The first-order chi connectivity index (χ1) is 12.3. The van der Waals surface area contributed by atoms with Crippen molar-refractivity contribution in [1.29, 1.82) is 0 Å². The molecule has 0 aromatic heterocycles. The Bertz CT molecular complexity index is 680. The maximum atomic E-state index is 11.4. The third-order valence-electron chi connectivity index (χ3n) is 5.14. The molecule has 0 bridgehead atoms. The summed E-state index contributed by atoms with van der Waals surface area (Å²) in [6, 6.07) is 10.8. The van der Waals surface area contributed by atoms with Gasteiger partial charge in [-0.2, -0.15) is 0 Å². The highest BCUT2D eigenvalue weighted by Crippen LogP contribution is 2.41. The van der Waals surface area contributed by atoms with Crippen molar-refractivity contribution in [2.24, 2.45) is 4.99 Å². The van der Waals surface area contributed by atoms with Crippen LogP contribution in [-0.2, 0) is 15.3 Å². The fraction of sp³-hybridized carbons (Fsp3) is 0.650. The van der Waals surface area contributed by atoms with Crippen LogP contribution in [0.4, 0.5) is 0 Å². The Hall–Kier alpha value is -1.56. The summed E-state index contributed by atoms with van der Waals surface area (Å²) in [7, 11) is -2.94. The van der Waals surface area contributed by atoms with Crippen molar-refractivity contribution in [2.45, 2.75) is 57.4 Å². The van der Waals surface area contributed by atoms with Crippen LogP contribution in [0.1, 0.15) is 51.5 Å². The van der Waals surface area contributed by atoms with Crippen LogP contribution >= 0.6 is 0 Å². The van der Waals surface area contributed by atoms with E-state index in [9.17, 15) is 8.42 Å². The monoisotopic (exact) mass is 379 g/mol. The molecule has 6 heteroatoms. The molecule has 26 heavy (non-hydrogen) atoms. The largest absolute Gasteiger partial charge is 0.357 e. The lowest BCUT2D eigenvalue weighted by atomic mass is 9.79. The summed E-state index contributed by atoms with van der Waals surface area (Å²) in [6.45, 7) is 5.58. The number of guanidine groups is 1. The van der Waals surface area contributed by atoms with Gasteiger partial charge in [-0.25, -0.2) is 8.42 Å². The Labute approximate surface area is 158 Å². The smallest absolute Gasteiger partial charge is 0.191 e. The molecule has 2 rings (SSSR count). The average Bonchev–Trinajstić information content (AvgIpc) is 3.09. The zero-order valence-electron chi connectivity index (χ0n) is 16.3. The molecule has 1 aromatic rings. The van der Waals surface area contributed by atoms with E-state index in [-0.39, 0.29) is 17.2 Å². The molecule has 1 saturated carbocycles. The Morgan fingerprint density at radius 2 is 1.88 bits per heavy atom. The van der Waals surface area contributed by atoms with Crippen molar-refractivity contribution in [1.82, 2.24) is 10.6 Å². The van der Waals surface area contributed by atoms with Crippen molar-refractivity contribution in [3.05, 3.63) is 35.9 Å². The number of nitrogens with one attached hydrogen (secondary N) is 2. The maximum Gasteiger partial charge on any atom is 0.191 e. The first-order valence-electron chi connectivity index (χ1n) is 9.63. The van der Waals surface area contributed by atoms with Crippen LogP contribution in [0.2, 0.25) is 0 Å². The van der Waals surface area contributed by atoms with Crippen molar-refractivity contribution in [3.8, 4) is 0 Å². The van der Waals surface area contributed by atoms with E-state index in [0.717, 1.165) is 19.0 Å². The molecule has 1 aromatic carbocycles. The van der Waals surface area contributed by atoms with Crippen molar-refractivity contribution in [3.63, 3.8) is 0 Å². The number of aliphatic imine (C=N–C) groups is 1. The number of benzene rings is 1. The van der Waals surface area contributed by atoms with Crippen LogP contribution in [0, 0.1) is 0 Å². The Balaban J connectivity index is 2.07. The molecule has 1 unspecified atom stereocenters. The predicted octanol–water partition coefficient (Wildman–Crippen LogP) is 2.88. The van der Waals surface area contributed by atoms with Crippen LogP contribution in [0.3, 0.4) is 0 Å². The summed E-state index contributed by atoms with van der Waals surface area (Å²) in [4.78, 5) is 4.87. The summed E-state index contributed by atoms with van der Waals surface area (Å²) < 4.78 is 22.7. The second-order valence-electron chi connectivity index (χ2n) is 7.51. The fourth-order valence-electron chi connectivity index (χ4n) is 3.63. The molecule has 2 N–H and O–H groups in total. The molecule has 0 radical (unpaired) electrons. The normalized spacial score (nSPS) is 18.5. The molecule has 1 atom stereocenters. The molecular formula is C20H33N3O2S. The van der Waals surface area contributed by atoms with Gasteiger partial charge < -0.3 is 10.6 Å². The van der Waals surface area contributed by atoms with Gasteiger partial charge in [0.2, 0.25) is 0 Å². The van der Waals surface area contributed by atoms with E-state index < -0.39 is 9.84 Å². The van der Waals surface area contributed by atoms with Crippen LogP contribution in [0.5, 0.6) is 0 Å². The first kappa shape index (κ1) is 20.7. The van der Waals surface area contributed by atoms with E-state index in [1.54, 1.807) is 0 Å². The van der Waals surface area contributed by atoms with Gasteiger partial charge in [-0.3, -0.25) is 4.99 Å². The summed E-state index contributed by atoms with van der Waals surface area (Å²) in [5.41, 5.74) is 1.50. The fourth-order valence-corrected chi connectivity index (χ4v) is 4.41. The van der Waals surface area contributed by atoms with Crippen LogP contribution < -0.4 is 10.6 Å². The number of hydrogen-bond donors (Lipinski definition) is 2. The maximum absolute atomic E-state index is 11.4. The highest BCUT2D eigenvalue weighted by Gasteiger charge is 2.35. The van der Waals surface area contributed by atoms with Gasteiger partial charge in [-0.05, 0) is 38.7 Å². The molecule has 1 fully saturated rings. The predicted molar refractivity (Wildman–Crippen MR) is 109 cm³/mol. The average molecular weight is 380 g/mol. The molecule has 0 saturated heterocycles. The van der Waals surface area contributed by atoms with Gasteiger partial charge in [0.05, 0.1) is 12.3 Å². The topological polar surface area (TPSA) is 70.6 Å². The van der Waals surface area contributed by atoms with Crippen LogP contribution in [-0.4, -0.2) is 45.5 Å². The van der Waals surface area contributed by atoms with E-state index >= 15 is 0 Å². The lowest BCUT2D eigenvalue weighted by Crippen LogP contribution is -2.43. The van der Waals surface area contributed by atoms with E-state index in [4.69, 9.17) is 4.99 Å². The highest BCUT2D eigenvalue weighted by molar-refractivity contribution is 7.90. The second kappa shape index (κ2) is 9.40. The third kappa shape index (κ3) is 6.31. The first-order valence-corrected chi connectivity index (χ1v) is 11.7. The Morgan fingerprint density at radius 3 is 2.46 bits per heavy atom. The number of hydrogen-bond acceptors (Lipinski definition) is 3. The number of sulfone groups is 1. The molecule has 0 heterocycles. The molecular weight excluding hydrogens is 346 g/mol. The second-order valence-corrected chi connectivity index (χ2v) is 9.77. The minimum absolute atomic E-state index is 0.0544. The number of rotatable bonds is 8. The standard InChI is InChI=1S/C20H33N3O2S/c1-4-21-19(23-17(2)12-15-26(3,24)25)22-16-20(13-8-9-14-20)18-10-6-5-7-11-18/h5-7,10-11,17H,4,8-9,12-16H2,1-3H3,(H2,21,22,23). The number of nitrogens with zero attached hydrogens (tertiary/aromatic N) is 1. The summed E-state index contributed by atoms with van der Waals surface area (Å²) in [6.07, 6.45) is 6.70. The minimum Gasteiger partial charge on any atom is -0.357 e. The van der Waals surface area contributed by atoms with Crippen LogP contribution in [0.15, 0.2) is 35.3 Å². The van der Waals surface area contributed by atoms with E-state index in [1.165, 1.54) is 37.5 Å². The van der Waals surface area contributed by atoms with Gasteiger partial charge in [0.25, 0.3) is 0 Å². The molecule has 0 aliphatic heterocycles. The summed E-state index contributed by atoms with van der Waals surface area (Å²) in [5.74, 6) is 0.963. The van der Waals surface area contributed by atoms with Crippen LogP contribution in [0.25, 0.3) is 0 Å². The van der Waals surface area contributed by atoms with E-state index in [0.29, 0.717) is 6.42 Å². The molecule has 146 valence electrons. The van der Waals surface area contributed by atoms with Gasteiger partial charge in [-0.1, -0.05) is 43.2 Å². The minimum atomic E-state index is -2.94. The molecule has 0 amide bonds. The highest BCUT2D eigenvalue weighted by atomic mass is 32.2. The molecule has 5 nitrogen and oxygen atoms in total. The van der Waals surface area contributed by atoms with E-state index in [2.05, 4.69) is 41.0 Å². The summed E-state index contributed by atoms with van der Waals surface area (Å²) in [5, 5.41) is 6.65. The quantitative estimate of drug-likeness (QED) is 0.538. The molecule has 1 aliphatic rings. The van der Waals surface area contributed by atoms with Gasteiger partial charge in [0.1, 0.15) is 9.84 Å². The molecule has 1 aliphatic carbocycles. The summed E-state index contributed by atoms with van der Waals surface area (Å²) >= 11 is 0. The molecule has 0 spiro atoms. The van der Waals surface area contributed by atoms with Crippen molar-refractivity contribution < 1.29 is 8.42 Å². The van der Waals surface area contributed by atoms with Gasteiger partial charge >= 0.3 is 0 Å². The van der Waals surface area contributed by atoms with Gasteiger partial charge in [0, 0.05) is 24.3 Å². The zero-order chi connectivity index (χ0) is 19.0. The third-order valence-corrected chi connectivity index (χ3v) is 6.11. The van der Waals surface area contributed by atoms with Crippen molar-refractivity contribution >= 4 is 15.8 Å². The van der Waals surface area contributed by atoms with Gasteiger partial charge in [0.15, 0.2) is 5.96 Å². The lowest BCUT2D eigenvalue weighted by Gasteiger charge is -2.28. The SMILES string of the molecule is CCNC(=NCC1(c2ccccc2)CCCC1)NC(C)CCS(C)(=O)=O.